The Morgan fingerprint density at radius 3 is 2.92 bits per heavy atom. The Morgan fingerprint density at radius 2 is 2.33 bits per heavy atom. The molecule has 1 amide bonds. The number of halogens is 1. The van der Waals surface area contributed by atoms with Gasteiger partial charge in [-0.25, -0.2) is 0 Å². The van der Waals surface area contributed by atoms with Crippen molar-refractivity contribution in [1.29, 1.82) is 0 Å². The van der Waals surface area contributed by atoms with E-state index in [2.05, 4.69) is 27.5 Å². The van der Waals surface area contributed by atoms with Crippen molar-refractivity contribution in [3.05, 3.63) is 0 Å². The molecule has 0 radical (unpaired) electrons. The van der Waals surface area contributed by atoms with Crippen LogP contribution in [0.5, 0.6) is 0 Å². The normalized spacial score (nSPS) is 25.6. The van der Waals surface area contributed by atoms with E-state index >= 15 is 0 Å². The molecule has 1 unspecified atom stereocenters. The molecular weight excluding hydrogens is 267 g/mol. The van der Waals surface area contributed by atoms with Gasteiger partial charge >= 0.3 is 0 Å². The van der Waals surface area contributed by atoms with Gasteiger partial charge < -0.3 is 5.73 Å². The number of hydrogen-bond acceptors (Lipinski definition) is 2. The summed E-state index contributed by atoms with van der Waals surface area (Å²) in [6.07, 6.45) is 3.30. The van der Waals surface area contributed by atoms with Gasteiger partial charge in [0.1, 0.15) is 0 Å². The first-order chi connectivity index (χ1) is 5.75. The summed E-state index contributed by atoms with van der Waals surface area (Å²) in [6, 6.07) is 0.00789. The minimum absolute atomic E-state index is 0.00789. The van der Waals surface area contributed by atoms with Crippen LogP contribution in [0.4, 0.5) is 0 Å². The Balaban J connectivity index is 2.48. The quantitative estimate of drug-likeness (QED) is 0.613. The van der Waals surface area contributed by atoms with E-state index in [-0.39, 0.29) is 11.9 Å². The number of nitrogens with zero attached hydrogens (tertiary/aromatic N) is 1. The number of carbonyl (C=O) groups excluding carboxylic acids is 1. The lowest BCUT2D eigenvalue weighted by atomic mass is 10.0. The average molecular weight is 282 g/mol. The number of likely N-dealkylation sites (tertiary alicyclic amines) is 1. The van der Waals surface area contributed by atoms with Gasteiger partial charge in [0.05, 0.1) is 6.04 Å². The maximum absolute atomic E-state index is 11.0. The van der Waals surface area contributed by atoms with Crippen molar-refractivity contribution in [2.24, 2.45) is 5.73 Å². The third-order valence-electron chi connectivity index (χ3n) is 2.31. The number of primary amides is 1. The molecule has 4 heteroatoms. The van der Waals surface area contributed by atoms with Crippen LogP contribution in [0.1, 0.15) is 19.3 Å². The van der Waals surface area contributed by atoms with E-state index in [0.29, 0.717) is 0 Å². The second-order valence-corrected chi connectivity index (χ2v) is 4.22. The van der Waals surface area contributed by atoms with Gasteiger partial charge in [0.2, 0.25) is 5.91 Å². The molecule has 0 aromatic carbocycles. The summed E-state index contributed by atoms with van der Waals surface area (Å²) in [4.78, 5) is 13.2. The number of alkyl halides is 1. The van der Waals surface area contributed by atoms with E-state index in [0.717, 1.165) is 30.4 Å². The summed E-state index contributed by atoms with van der Waals surface area (Å²) in [5.74, 6) is -0.153. The molecule has 0 aromatic rings. The van der Waals surface area contributed by atoms with E-state index in [1.54, 1.807) is 0 Å². The summed E-state index contributed by atoms with van der Waals surface area (Å²) in [7, 11) is 0. The first-order valence-corrected chi connectivity index (χ1v) is 5.87. The van der Waals surface area contributed by atoms with Crippen molar-refractivity contribution in [2.45, 2.75) is 25.3 Å². The highest BCUT2D eigenvalue weighted by Gasteiger charge is 2.25. The highest BCUT2D eigenvalue weighted by Crippen LogP contribution is 2.16. The molecule has 1 heterocycles. The highest BCUT2D eigenvalue weighted by molar-refractivity contribution is 14.1. The summed E-state index contributed by atoms with van der Waals surface area (Å²) in [6.45, 7) is 2.03. The second-order valence-electron chi connectivity index (χ2n) is 3.14. The molecule has 1 rings (SSSR count). The number of carbonyl (C=O) groups is 1. The maximum Gasteiger partial charge on any atom is 0.234 e. The Labute approximate surface area is 86.8 Å². The third kappa shape index (κ3) is 2.58. The lowest BCUT2D eigenvalue weighted by Crippen LogP contribution is -2.48. The Bertz CT molecular complexity index is 161. The van der Waals surface area contributed by atoms with Gasteiger partial charge in [0, 0.05) is 11.0 Å². The van der Waals surface area contributed by atoms with Gasteiger partial charge in [-0.05, 0) is 19.4 Å². The molecule has 12 heavy (non-hydrogen) atoms. The van der Waals surface area contributed by atoms with Crippen LogP contribution < -0.4 is 5.73 Å². The lowest BCUT2D eigenvalue weighted by molar-refractivity contribution is -0.124. The van der Waals surface area contributed by atoms with Crippen LogP contribution in [0.15, 0.2) is 0 Å². The predicted molar refractivity (Wildman–Crippen MR) is 57.3 cm³/mol. The van der Waals surface area contributed by atoms with Crippen LogP contribution in [0.3, 0.4) is 0 Å². The Morgan fingerprint density at radius 1 is 1.58 bits per heavy atom. The van der Waals surface area contributed by atoms with Gasteiger partial charge in [0.25, 0.3) is 0 Å². The first-order valence-electron chi connectivity index (χ1n) is 4.35. The van der Waals surface area contributed by atoms with Crippen molar-refractivity contribution < 1.29 is 4.79 Å². The molecule has 1 saturated heterocycles. The fourth-order valence-electron chi connectivity index (χ4n) is 1.69. The topological polar surface area (TPSA) is 46.3 Å². The molecule has 0 bridgehead atoms. The molecule has 70 valence electrons. The molecule has 0 saturated carbocycles. The number of amides is 1. The molecule has 0 aromatic heterocycles. The smallest absolute Gasteiger partial charge is 0.234 e. The molecule has 2 N–H and O–H groups in total. The summed E-state index contributed by atoms with van der Waals surface area (Å²) in [5.41, 5.74) is 5.30. The van der Waals surface area contributed by atoms with E-state index in [1.165, 1.54) is 6.42 Å². The van der Waals surface area contributed by atoms with E-state index in [9.17, 15) is 4.79 Å². The largest absolute Gasteiger partial charge is 0.368 e. The van der Waals surface area contributed by atoms with Crippen LogP contribution in [0.2, 0.25) is 0 Å². The third-order valence-corrected chi connectivity index (χ3v) is 2.80. The average Bonchev–Trinajstić information content (AvgIpc) is 2.05. The van der Waals surface area contributed by atoms with Crippen LogP contribution in [0, 0.1) is 0 Å². The molecule has 3 nitrogen and oxygen atoms in total. The number of nitrogens with two attached hydrogens (primary N) is 1. The monoisotopic (exact) mass is 282 g/mol. The predicted octanol–water partition coefficient (Wildman–Crippen LogP) is 0.761. The number of rotatable bonds is 3. The van der Waals surface area contributed by atoms with Gasteiger partial charge in [-0.3, -0.25) is 9.69 Å². The molecule has 1 fully saturated rings. The minimum Gasteiger partial charge on any atom is -0.368 e. The van der Waals surface area contributed by atoms with E-state index < -0.39 is 0 Å². The van der Waals surface area contributed by atoms with Crippen LogP contribution in [-0.2, 0) is 4.79 Å². The second kappa shape index (κ2) is 5.01. The van der Waals surface area contributed by atoms with Crippen LogP contribution in [0.25, 0.3) is 0 Å². The SMILES string of the molecule is NC(=O)C1CCCCN1CCI. The van der Waals surface area contributed by atoms with Gasteiger partial charge in [-0.1, -0.05) is 29.0 Å². The molecule has 0 spiro atoms. The Hall–Kier alpha value is 0.160. The summed E-state index contributed by atoms with van der Waals surface area (Å²) in [5, 5.41) is 0. The molecule has 1 atom stereocenters. The van der Waals surface area contributed by atoms with Gasteiger partial charge in [-0.2, -0.15) is 0 Å². The fourth-order valence-corrected chi connectivity index (χ4v) is 2.31. The molecule has 1 aliphatic heterocycles. The summed E-state index contributed by atoms with van der Waals surface area (Å²) < 4.78 is 1.07. The van der Waals surface area contributed by atoms with Crippen LogP contribution >= 0.6 is 22.6 Å². The standard InChI is InChI=1S/C8H15IN2O/c9-4-6-11-5-2-1-3-7(11)8(10)12/h7H,1-6H2,(H2,10,12). The zero-order valence-electron chi connectivity index (χ0n) is 7.13. The molecule has 1 aliphatic rings. The summed E-state index contributed by atoms with van der Waals surface area (Å²) >= 11 is 2.33. The lowest BCUT2D eigenvalue weighted by Gasteiger charge is -2.32. The van der Waals surface area contributed by atoms with Gasteiger partial charge in [-0.15, -0.1) is 0 Å². The first kappa shape index (κ1) is 10.2. The number of hydrogen-bond donors (Lipinski definition) is 1. The number of piperidine rings is 1. The zero-order valence-corrected chi connectivity index (χ0v) is 9.29. The van der Waals surface area contributed by atoms with Gasteiger partial charge in [0.15, 0.2) is 0 Å². The van der Waals surface area contributed by atoms with Crippen molar-refractivity contribution in [1.82, 2.24) is 4.90 Å². The highest BCUT2D eigenvalue weighted by atomic mass is 127. The van der Waals surface area contributed by atoms with Crippen molar-refractivity contribution in [3.63, 3.8) is 0 Å². The van der Waals surface area contributed by atoms with Crippen LogP contribution in [-0.4, -0.2) is 34.4 Å². The van der Waals surface area contributed by atoms with E-state index in [4.69, 9.17) is 5.73 Å². The van der Waals surface area contributed by atoms with Crippen molar-refractivity contribution >= 4 is 28.5 Å². The van der Waals surface area contributed by atoms with Crippen molar-refractivity contribution in [3.8, 4) is 0 Å². The van der Waals surface area contributed by atoms with E-state index in [1.807, 2.05) is 0 Å². The fraction of sp³-hybridized carbons (Fsp3) is 0.875. The molecule has 0 aliphatic carbocycles. The molecular formula is C8H15IN2O. The maximum atomic E-state index is 11.0. The van der Waals surface area contributed by atoms with Crippen molar-refractivity contribution in [2.75, 3.05) is 17.5 Å². The zero-order chi connectivity index (χ0) is 8.97. The minimum atomic E-state index is -0.153. The Kier molecular flexibility index (Phi) is 4.28.